The Kier molecular flexibility index (Phi) is 5.19. The van der Waals surface area contributed by atoms with E-state index in [1.165, 1.54) is 17.2 Å². The first kappa shape index (κ1) is 17.0. The van der Waals surface area contributed by atoms with Gasteiger partial charge in [-0.05, 0) is 36.6 Å². The zero-order valence-electron chi connectivity index (χ0n) is 13.5. The number of hydrogen-bond donors (Lipinski definition) is 0. The fraction of sp³-hybridized carbons (Fsp3) is 0.316. The summed E-state index contributed by atoms with van der Waals surface area (Å²) in [5.41, 5.74) is 2.49. The van der Waals surface area contributed by atoms with Crippen molar-refractivity contribution in [3.05, 3.63) is 70.8 Å². The molecule has 0 aromatic heterocycles. The molecule has 0 spiro atoms. The van der Waals surface area contributed by atoms with Crippen LogP contribution < -0.4 is 0 Å². The predicted molar refractivity (Wildman–Crippen MR) is 93.3 cm³/mol. The smallest absolute Gasteiger partial charge is 0.256 e. The number of thioether (sulfide) groups is 1. The number of hydrogen-bond acceptors (Lipinski definition) is 2. The van der Waals surface area contributed by atoms with Gasteiger partial charge in [-0.2, -0.15) is 11.8 Å². The molecule has 1 amide bonds. The van der Waals surface area contributed by atoms with E-state index in [1.807, 2.05) is 23.9 Å². The number of benzene rings is 2. The van der Waals surface area contributed by atoms with Gasteiger partial charge in [0.05, 0.1) is 5.56 Å². The monoisotopic (exact) mass is 347 g/mol. The highest BCUT2D eigenvalue weighted by atomic mass is 32.2. The molecule has 126 valence electrons. The second-order valence-electron chi connectivity index (χ2n) is 5.92. The van der Waals surface area contributed by atoms with Gasteiger partial charge in [-0.3, -0.25) is 4.79 Å². The van der Waals surface area contributed by atoms with E-state index in [1.54, 1.807) is 4.90 Å². The van der Waals surface area contributed by atoms with Gasteiger partial charge in [0.2, 0.25) is 0 Å². The number of amides is 1. The lowest BCUT2D eigenvalue weighted by atomic mass is 10.0. The quantitative estimate of drug-likeness (QED) is 0.792. The van der Waals surface area contributed by atoms with Crippen molar-refractivity contribution in [1.29, 1.82) is 0 Å². The standard InChI is InChI=1S/C19H19F2NOS/c1-13-4-2-3-5-15(13)18-8-9-22(10-11-24-18)19(23)16-7-6-14(20)12-17(16)21/h2-7,12,18H,8-11H2,1H3. The highest BCUT2D eigenvalue weighted by molar-refractivity contribution is 7.99. The summed E-state index contributed by atoms with van der Waals surface area (Å²) in [6.45, 7) is 3.24. The first-order chi connectivity index (χ1) is 11.6. The molecule has 1 fully saturated rings. The van der Waals surface area contributed by atoms with Crippen molar-refractivity contribution in [2.75, 3.05) is 18.8 Å². The Bertz CT molecular complexity index is 750. The molecule has 1 unspecified atom stereocenters. The Hall–Kier alpha value is -1.88. The fourth-order valence-electron chi connectivity index (χ4n) is 3.00. The Morgan fingerprint density at radius 1 is 1.17 bits per heavy atom. The maximum Gasteiger partial charge on any atom is 0.256 e. The largest absolute Gasteiger partial charge is 0.338 e. The summed E-state index contributed by atoms with van der Waals surface area (Å²) in [6.07, 6.45) is 0.823. The number of carbonyl (C=O) groups is 1. The van der Waals surface area contributed by atoms with Crippen LogP contribution in [-0.4, -0.2) is 29.6 Å². The van der Waals surface area contributed by atoms with E-state index >= 15 is 0 Å². The van der Waals surface area contributed by atoms with Gasteiger partial charge < -0.3 is 4.90 Å². The average Bonchev–Trinajstić information content (AvgIpc) is 2.81. The zero-order valence-corrected chi connectivity index (χ0v) is 14.3. The summed E-state index contributed by atoms with van der Waals surface area (Å²) < 4.78 is 26.9. The summed E-state index contributed by atoms with van der Waals surface area (Å²) in [5, 5.41) is 0.335. The van der Waals surface area contributed by atoms with Gasteiger partial charge in [-0.1, -0.05) is 24.3 Å². The molecule has 24 heavy (non-hydrogen) atoms. The van der Waals surface area contributed by atoms with Crippen molar-refractivity contribution in [2.45, 2.75) is 18.6 Å². The van der Waals surface area contributed by atoms with Crippen LogP contribution in [0, 0.1) is 18.6 Å². The lowest BCUT2D eigenvalue weighted by Gasteiger charge is -2.21. The zero-order chi connectivity index (χ0) is 17.1. The summed E-state index contributed by atoms with van der Waals surface area (Å²) in [6, 6.07) is 11.4. The Labute approximate surface area is 144 Å². The molecular formula is C19H19F2NOS. The number of nitrogens with zero attached hydrogens (tertiary/aromatic N) is 1. The van der Waals surface area contributed by atoms with Crippen LogP contribution in [0.3, 0.4) is 0 Å². The second-order valence-corrected chi connectivity index (χ2v) is 7.23. The van der Waals surface area contributed by atoms with E-state index in [0.29, 0.717) is 18.3 Å². The Morgan fingerprint density at radius 3 is 2.71 bits per heavy atom. The summed E-state index contributed by atoms with van der Waals surface area (Å²) in [5.74, 6) is -1.03. The second kappa shape index (κ2) is 7.34. The van der Waals surface area contributed by atoms with E-state index in [2.05, 4.69) is 19.1 Å². The van der Waals surface area contributed by atoms with Gasteiger partial charge in [0.25, 0.3) is 5.91 Å². The molecule has 1 aliphatic rings. The maximum atomic E-state index is 13.9. The first-order valence-corrected chi connectivity index (χ1v) is 9.02. The van der Waals surface area contributed by atoms with Crippen molar-refractivity contribution in [3.8, 4) is 0 Å². The van der Waals surface area contributed by atoms with Crippen LogP contribution in [-0.2, 0) is 0 Å². The minimum atomic E-state index is -0.799. The van der Waals surface area contributed by atoms with E-state index in [9.17, 15) is 13.6 Å². The van der Waals surface area contributed by atoms with Crippen molar-refractivity contribution in [2.24, 2.45) is 0 Å². The predicted octanol–water partition coefficient (Wildman–Crippen LogP) is 4.59. The molecule has 2 aromatic rings. The molecule has 0 aliphatic carbocycles. The lowest BCUT2D eigenvalue weighted by Crippen LogP contribution is -2.33. The number of aryl methyl sites for hydroxylation is 1. The van der Waals surface area contributed by atoms with Gasteiger partial charge in [0, 0.05) is 30.2 Å². The molecule has 1 aliphatic heterocycles. The van der Waals surface area contributed by atoms with Crippen LogP contribution in [0.25, 0.3) is 0 Å². The Morgan fingerprint density at radius 2 is 1.96 bits per heavy atom. The number of rotatable bonds is 2. The summed E-state index contributed by atoms with van der Waals surface area (Å²) >= 11 is 1.83. The SMILES string of the molecule is Cc1ccccc1C1CCN(C(=O)c2ccc(F)cc2F)CCS1. The fourth-order valence-corrected chi connectivity index (χ4v) is 4.33. The van der Waals surface area contributed by atoms with Gasteiger partial charge in [0.1, 0.15) is 11.6 Å². The average molecular weight is 347 g/mol. The van der Waals surface area contributed by atoms with Crippen LogP contribution in [0.1, 0.15) is 33.2 Å². The van der Waals surface area contributed by atoms with Crippen molar-refractivity contribution < 1.29 is 13.6 Å². The molecule has 1 saturated heterocycles. The maximum absolute atomic E-state index is 13.9. The third-order valence-corrected chi connectivity index (χ3v) is 5.64. The highest BCUT2D eigenvalue weighted by Crippen LogP contribution is 2.36. The van der Waals surface area contributed by atoms with Crippen molar-refractivity contribution in [1.82, 2.24) is 4.90 Å². The molecule has 0 N–H and O–H groups in total. The molecule has 1 heterocycles. The normalized spacial score (nSPS) is 18.3. The molecule has 2 nitrogen and oxygen atoms in total. The molecule has 0 saturated carbocycles. The Balaban J connectivity index is 1.73. The van der Waals surface area contributed by atoms with Gasteiger partial charge >= 0.3 is 0 Å². The summed E-state index contributed by atoms with van der Waals surface area (Å²) in [7, 11) is 0. The topological polar surface area (TPSA) is 20.3 Å². The minimum absolute atomic E-state index is 0.0595. The third-order valence-electron chi connectivity index (χ3n) is 4.33. The third kappa shape index (κ3) is 3.61. The molecule has 5 heteroatoms. The van der Waals surface area contributed by atoms with E-state index in [4.69, 9.17) is 0 Å². The molecule has 0 bridgehead atoms. The van der Waals surface area contributed by atoms with Crippen molar-refractivity contribution in [3.63, 3.8) is 0 Å². The van der Waals surface area contributed by atoms with E-state index in [0.717, 1.165) is 24.3 Å². The van der Waals surface area contributed by atoms with Gasteiger partial charge in [-0.25, -0.2) is 8.78 Å². The molecular weight excluding hydrogens is 328 g/mol. The number of carbonyl (C=O) groups excluding carboxylic acids is 1. The number of halogens is 2. The van der Waals surface area contributed by atoms with E-state index in [-0.39, 0.29) is 11.5 Å². The van der Waals surface area contributed by atoms with E-state index < -0.39 is 11.6 Å². The summed E-state index contributed by atoms with van der Waals surface area (Å²) in [4.78, 5) is 14.2. The molecule has 0 radical (unpaired) electrons. The lowest BCUT2D eigenvalue weighted by molar-refractivity contribution is 0.0762. The first-order valence-electron chi connectivity index (χ1n) is 7.97. The van der Waals surface area contributed by atoms with Crippen LogP contribution in [0.15, 0.2) is 42.5 Å². The van der Waals surface area contributed by atoms with Crippen LogP contribution in [0.5, 0.6) is 0 Å². The molecule has 3 rings (SSSR count). The van der Waals surface area contributed by atoms with Gasteiger partial charge in [-0.15, -0.1) is 0 Å². The van der Waals surface area contributed by atoms with Crippen LogP contribution >= 0.6 is 11.8 Å². The highest BCUT2D eigenvalue weighted by Gasteiger charge is 2.25. The molecule has 2 aromatic carbocycles. The van der Waals surface area contributed by atoms with Crippen LogP contribution in [0.2, 0.25) is 0 Å². The molecule has 1 atom stereocenters. The van der Waals surface area contributed by atoms with Crippen LogP contribution in [0.4, 0.5) is 8.78 Å². The minimum Gasteiger partial charge on any atom is -0.338 e. The van der Waals surface area contributed by atoms with Crippen molar-refractivity contribution >= 4 is 17.7 Å². The van der Waals surface area contributed by atoms with Gasteiger partial charge in [0.15, 0.2) is 0 Å².